The maximum absolute atomic E-state index is 12.2. The lowest BCUT2D eigenvalue weighted by Gasteiger charge is -2.09. The van der Waals surface area contributed by atoms with Crippen LogP contribution in [0.25, 0.3) is 0 Å². The number of anilines is 1. The Labute approximate surface area is 130 Å². The van der Waals surface area contributed by atoms with E-state index in [0.717, 1.165) is 0 Å². The molecular formula is C12H10BrClN2O3S. The first-order valence-electron chi connectivity index (χ1n) is 5.41. The maximum Gasteiger partial charge on any atom is 0.263 e. The second-order valence-corrected chi connectivity index (χ2v) is 6.67. The van der Waals surface area contributed by atoms with Crippen molar-refractivity contribution in [2.75, 3.05) is 11.8 Å². The number of ether oxygens (including phenoxy) is 1. The maximum atomic E-state index is 12.2. The fraction of sp³-hybridized carbons (Fsp3) is 0.0833. The Morgan fingerprint density at radius 2 is 2.05 bits per heavy atom. The summed E-state index contributed by atoms with van der Waals surface area (Å²) in [6, 6.07) is 9.13. The summed E-state index contributed by atoms with van der Waals surface area (Å²) >= 11 is 8.96. The standard InChI is InChI=1S/C12H10BrClN2O3S/c1-19-10-6-5-8(7-9(10)13)20(17,18)16-12-4-2-3-11(14)15-12/h2-7H,1H3,(H,15,16). The molecule has 0 amide bonds. The van der Waals surface area contributed by atoms with E-state index in [-0.39, 0.29) is 15.9 Å². The first-order chi connectivity index (χ1) is 9.42. The lowest BCUT2D eigenvalue weighted by atomic mass is 10.3. The van der Waals surface area contributed by atoms with Crippen molar-refractivity contribution in [2.45, 2.75) is 4.90 Å². The van der Waals surface area contributed by atoms with Crippen molar-refractivity contribution >= 4 is 43.4 Å². The van der Waals surface area contributed by atoms with Gasteiger partial charge < -0.3 is 4.74 Å². The summed E-state index contributed by atoms with van der Waals surface area (Å²) in [7, 11) is -2.23. The lowest BCUT2D eigenvalue weighted by Crippen LogP contribution is -2.14. The van der Waals surface area contributed by atoms with Gasteiger partial charge in [0.05, 0.1) is 16.5 Å². The Kier molecular flexibility index (Phi) is 4.52. The molecule has 0 fully saturated rings. The van der Waals surface area contributed by atoms with Crippen molar-refractivity contribution in [3.8, 4) is 5.75 Å². The molecule has 5 nitrogen and oxygen atoms in total. The number of nitrogens with zero attached hydrogens (tertiary/aromatic N) is 1. The van der Waals surface area contributed by atoms with Crippen molar-refractivity contribution in [1.29, 1.82) is 0 Å². The Hall–Kier alpha value is -1.31. The monoisotopic (exact) mass is 376 g/mol. The number of rotatable bonds is 4. The van der Waals surface area contributed by atoms with E-state index in [1.165, 1.54) is 25.3 Å². The largest absolute Gasteiger partial charge is 0.496 e. The molecular weight excluding hydrogens is 368 g/mol. The minimum absolute atomic E-state index is 0.0898. The van der Waals surface area contributed by atoms with E-state index in [4.69, 9.17) is 16.3 Å². The number of sulfonamides is 1. The van der Waals surface area contributed by atoms with Gasteiger partial charge in [0.2, 0.25) is 0 Å². The van der Waals surface area contributed by atoms with Gasteiger partial charge in [-0.3, -0.25) is 4.72 Å². The lowest BCUT2D eigenvalue weighted by molar-refractivity contribution is 0.411. The van der Waals surface area contributed by atoms with Gasteiger partial charge in [0, 0.05) is 0 Å². The first-order valence-corrected chi connectivity index (χ1v) is 8.07. The topological polar surface area (TPSA) is 68.3 Å². The summed E-state index contributed by atoms with van der Waals surface area (Å²) in [6.07, 6.45) is 0. The Balaban J connectivity index is 2.33. The molecule has 2 aromatic rings. The molecule has 0 radical (unpaired) electrons. The molecule has 0 spiro atoms. The van der Waals surface area contributed by atoms with Gasteiger partial charge in [0.25, 0.3) is 10.0 Å². The fourth-order valence-corrected chi connectivity index (χ4v) is 3.36. The average Bonchev–Trinajstić information content (AvgIpc) is 2.38. The van der Waals surface area contributed by atoms with E-state index in [0.29, 0.717) is 10.2 Å². The SMILES string of the molecule is COc1ccc(S(=O)(=O)Nc2cccc(Cl)n2)cc1Br. The Morgan fingerprint density at radius 1 is 1.30 bits per heavy atom. The summed E-state index contributed by atoms with van der Waals surface area (Å²) < 4.78 is 32.4. The molecule has 0 aliphatic rings. The van der Waals surface area contributed by atoms with E-state index in [9.17, 15) is 8.42 Å². The zero-order valence-electron chi connectivity index (χ0n) is 10.3. The van der Waals surface area contributed by atoms with Gasteiger partial charge >= 0.3 is 0 Å². The third kappa shape index (κ3) is 3.41. The predicted molar refractivity (Wildman–Crippen MR) is 80.7 cm³/mol. The van der Waals surface area contributed by atoms with Crippen LogP contribution in [0.1, 0.15) is 0 Å². The Bertz CT molecular complexity index is 737. The van der Waals surface area contributed by atoms with Gasteiger partial charge in [-0.25, -0.2) is 13.4 Å². The summed E-state index contributed by atoms with van der Waals surface area (Å²) in [6.45, 7) is 0. The number of hydrogen-bond acceptors (Lipinski definition) is 4. The molecule has 1 aromatic heterocycles. The second-order valence-electron chi connectivity index (χ2n) is 3.75. The third-order valence-corrected chi connectivity index (χ3v) is 4.57. The van der Waals surface area contributed by atoms with Crippen LogP contribution in [-0.2, 0) is 10.0 Å². The molecule has 1 heterocycles. The fourth-order valence-electron chi connectivity index (χ4n) is 1.48. The molecule has 0 saturated carbocycles. The molecule has 0 aliphatic heterocycles. The van der Waals surface area contributed by atoms with Crippen molar-refractivity contribution in [3.63, 3.8) is 0 Å². The number of methoxy groups -OCH3 is 1. The molecule has 2 rings (SSSR count). The van der Waals surface area contributed by atoms with Gasteiger partial charge in [-0.05, 0) is 46.3 Å². The number of halogens is 2. The van der Waals surface area contributed by atoms with Crippen LogP contribution >= 0.6 is 27.5 Å². The molecule has 1 aromatic carbocycles. The minimum atomic E-state index is -3.73. The number of aromatic nitrogens is 1. The third-order valence-electron chi connectivity index (χ3n) is 2.39. The number of hydrogen-bond donors (Lipinski definition) is 1. The van der Waals surface area contributed by atoms with Crippen LogP contribution in [0.2, 0.25) is 5.15 Å². The molecule has 106 valence electrons. The highest BCUT2D eigenvalue weighted by Crippen LogP contribution is 2.28. The highest BCUT2D eigenvalue weighted by atomic mass is 79.9. The zero-order valence-corrected chi connectivity index (χ0v) is 13.5. The van der Waals surface area contributed by atoms with Crippen LogP contribution in [0.5, 0.6) is 5.75 Å². The highest BCUT2D eigenvalue weighted by Gasteiger charge is 2.16. The molecule has 0 aliphatic carbocycles. The molecule has 0 saturated heterocycles. The summed E-state index contributed by atoms with van der Waals surface area (Å²) in [5, 5.41) is 0.209. The smallest absolute Gasteiger partial charge is 0.263 e. The molecule has 0 bridgehead atoms. The van der Waals surface area contributed by atoms with E-state index in [2.05, 4.69) is 25.6 Å². The van der Waals surface area contributed by atoms with E-state index >= 15 is 0 Å². The average molecular weight is 378 g/mol. The molecule has 0 atom stereocenters. The van der Waals surface area contributed by atoms with Crippen LogP contribution in [0, 0.1) is 0 Å². The van der Waals surface area contributed by atoms with Gasteiger partial charge in [-0.15, -0.1) is 0 Å². The van der Waals surface area contributed by atoms with Gasteiger partial charge in [0.1, 0.15) is 16.7 Å². The predicted octanol–water partition coefficient (Wildman–Crippen LogP) is 3.31. The van der Waals surface area contributed by atoms with Crippen LogP contribution in [0.15, 0.2) is 45.8 Å². The van der Waals surface area contributed by atoms with Gasteiger partial charge in [-0.1, -0.05) is 17.7 Å². The zero-order chi connectivity index (χ0) is 14.8. The van der Waals surface area contributed by atoms with Crippen molar-refractivity contribution < 1.29 is 13.2 Å². The van der Waals surface area contributed by atoms with Crippen LogP contribution in [0.4, 0.5) is 5.82 Å². The van der Waals surface area contributed by atoms with Crippen LogP contribution < -0.4 is 9.46 Å². The highest BCUT2D eigenvalue weighted by molar-refractivity contribution is 9.10. The van der Waals surface area contributed by atoms with Crippen molar-refractivity contribution in [1.82, 2.24) is 4.98 Å². The summed E-state index contributed by atoms with van der Waals surface area (Å²) in [5.41, 5.74) is 0. The number of benzene rings is 1. The number of nitrogens with one attached hydrogen (secondary N) is 1. The van der Waals surface area contributed by atoms with E-state index in [1.807, 2.05) is 0 Å². The summed E-state index contributed by atoms with van der Waals surface area (Å²) in [5.74, 6) is 0.703. The van der Waals surface area contributed by atoms with Crippen LogP contribution in [-0.4, -0.2) is 20.5 Å². The quantitative estimate of drug-likeness (QED) is 0.830. The first kappa shape index (κ1) is 15.1. The normalized spacial score (nSPS) is 11.2. The molecule has 8 heteroatoms. The van der Waals surface area contributed by atoms with Crippen LogP contribution in [0.3, 0.4) is 0 Å². The van der Waals surface area contributed by atoms with Crippen molar-refractivity contribution in [2.24, 2.45) is 0 Å². The number of pyridine rings is 1. The minimum Gasteiger partial charge on any atom is -0.496 e. The van der Waals surface area contributed by atoms with E-state index in [1.54, 1.807) is 18.2 Å². The summed E-state index contributed by atoms with van der Waals surface area (Å²) in [4.78, 5) is 3.97. The van der Waals surface area contributed by atoms with Gasteiger partial charge in [-0.2, -0.15) is 0 Å². The van der Waals surface area contributed by atoms with Crippen molar-refractivity contribution in [3.05, 3.63) is 46.0 Å². The molecule has 20 heavy (non-hydrogen) atoms. The molecule has 0 unspecified atom stereocenters. The van der Waals surface area contributed by atoms with E-state index < -0.39 is 10.0 Å². The Morgan fingerprint density at radius 3 is 2.65 bits per heavy atom. The second kappa shape index (κ2) is 5.99. The molecule has 1 N–H and O–H groups in total. The van der Waals surface area contributed by atoms with Gasteiger partial charge in [0.15, 0.2) is 0 Å².